The van der Waals surface area contributed by atoms with Crippen LogP contribution in [0.25, 0.3) is 17.0 Å². The predicted octanol–water partition coefficient (Wildman–Crippen LogP) is 5.04. The molecule has 1 N–H and O–H groups in total. The maximum atomic E-state index is 12.8. The Kier molecular flexibility index (Phi) is 5.42. The van der Waals surface area contributed by atoms with Crippen molar-refractivity contribution >= 4 is 34.5 Å². The minimum atomic E-state index is -0.159. The zero-order valence-corrected chi connectivity index (χ0v) is 18.1. The average molecular weight is 438 g/mol. The smallest absolute Gasteiger partial charge is 0.251 e. The molecule has 2 atom stereocenters. The second-order valence-corrected chi connectivity index (χ2v) is 8.50. The summed E-state index contributed by atoms with van der Waals surface area (Å²) in [5, 5.41) is 9.27. The fourth-order valence-corrected chi connectivity index (χ4v) is 4.32. The largest absolute Gasteiger partial charge is 0.488 e. The van der Waals surface area contributed by atoms with Crippen LogP contribution < -0.4 is 10.1 Å². The third-order valence-corrected chi connectivity index (χ3v) is 6.11. The van der Waals surface area contributed by atoms with Crippen LogP contribution in [-0.4, -0.2) is 28.9 Å². The van der Waals surface area contributed by atoms with Crippen molar-refractivity contribution in [2.75, 3.05) is 13.2 Å². The van der Waals surface area contributed by atoms with Crippen LogP contribution in [0.4, 0.5) is 0 Å². The fraction of sp³-hybridized carbons (Fsp3) is 0.333. The molecule has 0 bridgehead atoms. The van der Waals surface area contributed by atoms with E-state index in [-0.39, 0.29) is 24.8 Å². The highest BCUT2D eigenvalue weighted by atomic mass is 35.5. The van der Waals surface area contributed by atoms with E-state index in [9.17, 15) is 4.79 Å². The quantitative estimate of drug-likeness (QED) is 0.620. The summed E-state index contributed by atoms with van der Waals surface area (Å²) in [6, 6.07) is 11.4. The van der Waals surface area contributed by atoms with E-state index < -0.39 is 0 Å². The molecular weight excluding hydrogens is 414 g/mol. The van der Waals surface area contributed by atoms with E-state index in [1.165, 1.54) is 0 Å². The van der Waals surface area contributed by atoms with Crippen LogP contribution >= 0.6 is 11.6 Å². The summed E-state index contributed by atoms with van der Waals surface area (Å²) in [6.45, 7) is 2.99. The standard InChI is InChI=1S/C24H24ClN3O3/c1-15(27-24(29)19-11-17-12-20(25)6-8-22(17)31-14-19)16-5-7-21-18(10-16)13-26-28(21)23-4-2-3-9-30-23/h5-8,10-13,15,23H,2-4,9,14H2,1H3,(H,27,29). The summed E-state index contributed by atoms with van der Waals surface area (Å²) in [5.41, 5.74) is 3.46. The number of carbonyl (C=O) groups is 1. The monoisotopic (exact) mass is 437 g/mol. The highest BCUT2D eigenvalue weighted by molar-refractivity contribution is 6.30. The van der Waals surface area contributed by atoms with E-state index in [2.05, 4.69) is 22.5 Å². The maximum Gasteiger partial charge on any atom is 0.251 e. The lowest BCUT2D eigenvalue weighted by Crippen LogP contribution is -2.30. The number of hydrogen-bond acceptors (Lipinski definition) is 4. The Labute approximate surface area is 185 Å². The van der Waals surface area contributed by atoms with Gasteiger partial charge in [0.1, 0.15) is 12.4 Å². The molecule has 160 valence electrons. The van der Waals surface area contributed by atoms with Crippen LogP contribution in [0, 0.1) is 0 Å². The Bertz CT molecular complexity index is 1160. The molecule has 3 aromatic rings. The fourth-order valence-electron chi connectivity index (χ4n) is 4.14. The van der Waals surface area contributed by atoms with E-state index in [0.29, 0.717) is 10.6 Å². The highest BCUT2D eigenvalue weighted by Gasteiger charge is 2.21. The van der Waals surface area contributed by atoms with E-state index in [0.717, 1.165) is 53.6 Å². The number of nitrogens with one attached hydrogen (secondary N) is 1. The number of benzene rings is 2. The molecule has 1 fully saturated rings. The van der Waals surface area contributed by atoms with Gasteiger partial charge in [-0.2, -0.15) is 5.10 Å². The van der Waals surface area contributed by atoms with Gasteiger partial charge in [0.2, 0.25) is 0 Å². The molecule has 0 saturated carbocycles. The maximum absolute atomic E-state index is 12.8. The number of aromatic nitrogens is 2. The van der Waals surface area contributed by atoms with Gasteiger partial charge in [-0.1, -0.05) is 17.7 Å². The molecule has 2 aromatic carbocycles. The van der Waals surface area contributed by atoms with E-state index in [1.54, 1.807) is 12.1 Å². The number of hydrogen-bond donors (Lipinski definition) is 1. The van der Waals surface area contributed by atoms with Gasteiger partial charge in [-0.25, -0.2) is 4.68 Å². The van der Waals surface area contributed by atoms with Crippen molar-refractivity contribution in [1.82, 2.24) is 15.1 Å². The third-order valence-electron chi connectivity index (χ3n) is 5.87. The molecule has 1 saturated heterocycles. The zero-order valence-electron chi connectivity index (χ0n) is 17.3. The van der Waals surface area contributed by atoms with Crippen LogP contribution in [0.1, 0.15) is 49.6 Å². The number of amides is 1. The SMILES string of the molecule is CC(NC(=O)C1=Cc2cc(Cl)ccc2OC1)c1ccc2c(cnn2C2CCCCO2)c1. The van der Waals surface area contributed by atoms with Crippen molar-refractivity contribution in [2.24, 2.45) is 0 Å². The lowest BCUT2D eigenvalue weighted by atomic mass is 10.0. The molecule has 2 unspecified atom stereocenters. The van der Waals surface area contributed by atoms with Gasteiger partial charge in [-0.15, -0.1) is 0 Å². The first-order valence-electron chi connectivity index (χ1n) is 10.6. The molecule has 2 aliphatic rings. The van der Waals surface area contributed by atoms with E-state index >= 15 is 0 Å². The Balaban J connectivity index is 1.32. The van der Waals surface area contributed by atoms with Gasteiger partial charge in [0.05, 0.1) is 23.3 Å². The van der Waals surface area contributed by atoms with Gasteiger partial charge in [0.15, 0.2) is 6.23 Å². The molecule has 5 rings (SSSR count). The Hall–Kier alpha value is -2.83. The summed E-state index contributed by atoms with van der Waals surface area (Å²) in [4.78, 5) is 12.8. The Morgan fingerprint density at radius 3 is 3.00 bits per heavy atom. The third kappa shape index (κ3) is 4.05. The average Bonchev–Trinajstić information content (AvgIpc) is 3.22. The second kappa shape index (κ2) is 8.36. The molecule has 6 nitrogen and oxygen atoms in total. The molecule has 0 radical (unpaired) electrons. The predicted molar refractivity (Wildman–Crippen MR) is 120 cm³/mol. The topological polar surface area (TPSA) is 65.4 Å². The van der Waals surface area contributed by atoms with Crippen molar-refractivity contribution in [1.29, 1.82) is 0 Å². The Morgan fingerprint density at radius 1 is 1.26 bits per heavy atom. The van der Waals surface area contributed by atoms with Crippen molar-refractivity contribution in [3.05, 3.63) is 64.3 Å². The van der Waals surface area contributed by atoms with Gasteiger partial charge in [-0.05, 0) is 68.2 Å². The number of nitrogens with zero attached hydrogens (tertiary/aromatic N) is 2. The lowest BCUT2D eigenvalue weighted by Gasteiger charge is -2.23. The van der Waals surface area contributed by atoms with Crippen molar-refractivity contribution < 1.29 is 14.3 Å². The number of halogens is 1. The number of carbonyl (C=O) groups excluding carboxylic acids is 1. The molecule has 1 amide bonds. The normalized spacial score (nSPS) is 19.3. The second-order valence-electron chi connectivity index (χ2n) is 8.06. The summed E-state index contributed by atoms with van der Waals surface area (Å²) >= 11 is 6.07. The van der Waals surface area contributed by atoms with Gasteiger partial charge >= 0.3 is 0 Å². The van der Waals surface area contributed by atoms with Crippen LogP contribution in [0.5, 0.6) is 5.75 Å². The first kappa shape index (κ1) is 20.1. The summed E-state index contributed by atoms with van der Waals surface area (Å²) < 4.78 is 13.6. The van der Waals surface area contributed by atoms with Gasteiger partial charge in [0.25, 0.3) is 5.91 Å². The van der Waals surface area contributed by atoms with Crippen molar-refractivity contribution in [3.8, 4) is 5.75 Å². The van der Waals surface area contributed by atoms with Gasteiger partial charge < -0.3 is 14.8 Å². The molecular formula is C24H24ClN3O3. The molecule has 2 aliphatic heterocycles. The van der Waals surface area contributed by atoms with Crippen molar-refractivity contribution in [3.63, 3.8) is 0 Å². The van der Waals surface area contributed by atoms with Crippen LogP contribution in [0.3, 0.4) is 0 Å². The lowest BCUT2D eigenvalue weighted by molar-refractivity contribution is -0.118. The van der Waals surface area contributed by atoms with Crippen molar-refractivity contribution in [2.45, 2.75) is 38.5 Å². The number of fused-ring (bicyclic) bond motifs is 2. The van der Waals surface area contributed by atoms with E-state index in [4.69, 9.17) is 21.1 Å². The molecule has 0 spiro atoms. The Morgan fingerprint density at radius 2 is 2.16 bits per heavy atom. The number of rotatable bonds is 4. The molecule has 1 aromatic heterocycles. The first-order valence-corrected chi connectivity index (χ1v) is 11.0. The van der Waals surface area contributed by atoms with Crippen LogP contribution in [-0.2, 0) is 9.53 Å². The van der Waals surface area contributed by atoms with E-state index in [1.807, 2.05) is 36.0 Å². The zero-order chi connectivity index (χ0) is 21.4. The van der Waals surface area contributed by atoms with Crippen LogP contribution in [0.2, 0.25) is 5.02 Å². The van der Waals surface area contributed by atoms with Gasteiger partial charge in [-0.3, -0.25) is 4.79 Å². The molecule has 7 heteroatoms. The minimum absolute atomic E-state index is 0.00356. The first-order chi connectivity index (χ1) is 15.1. The molecule has 0 aliphatic carbocycles. The van der Waals surface area contributed by atoms with Crippen LogP contribution in [0.15, 0.2) is 48.2 Å². The molecule has 31 heavy (non-hydrogen) atoms. The summed E-state index contributed by atoms with van der Waals surface area (Å²) in [5.74, 6) is 0.586. The van der Waals surface area contributed by atoms with Gasteiger partial charge in [0, 0.05) is 22.6 Å². The molecule has 3 heterocycles. The summed E-state index contributed by atoms with van der Waals surface area (Å²) in [7, 11) is 0. The number of ether oxygens (including phenoxy) is 2. The highest BCUT2D eigenvalue weighted by Crippen LogP contribution is 2.30. The summed E-state index contributed by atoms with van der Waals surface area (Å²) in [6.07, 6.45) is 6.95. The minimum Gasteiger partial charge on any atom is -0.488 e.